The Bertz CT molecular complexity index is 224. The fourth-order valence-corrected chi connectivity index (χ4v) is 2.61. The van der Waals surface area contributed by atoms with Crippen LogP contribution in [0.1, 0.15) is 58.3 Å². The molecule has 0 amide bonds. The quantitative estimate of drug-likeness (QED) is 0.500. The summed E-state index contributed by atoms with van der Waals surface area (Å²) in [6.07, 6.45) is 9.15. The Kier molecular flexibility index (Phi) is 2.91. The van der Waals surface area contributed by atoms with Crippen LogP contribution in [0.4, 0.5) is 0 Å². The fraction of sp³-hybridized carbons (Fsp3) is 0.917. The third kappa shape index (κ3) is 1.85. The largest absolute Gasteiger partial charge is 0.358 e. The van der Waals surface area contributed by atoms with E-state index in [-0.39, 0.29) is 11.7 Å². The van der Waals surface area contributed by atoms with Gasteiger partial charge in [-0.25, -0.2) is 0 Å². The summed E-state index contributed by atoms with van der Waals surface area (Å²) in [5.74, 6) is 0.353. The molecule has 1 saturated heterocycles. The van der Waals surface area contributed by atoms with Crippen LogP contribution in [0.5, 0.6) is 0 Å². The third-order valence-electron chi connectivity index (χ3n) is 3.54. The number of hydrogen-bond acceptors (Lipinski definition) is 2. The molecule has 0 aromatic heterocycles. The number of unbranched alkanes of at least 4 members (excludes halogenated alkanes) is 3. The van der Waals surface area contributed by atoms with Crippen molar-refractivity contribution < 1.29 is 9.53 Å². The van der Waals surface area contributed by atoms with Crippen molar-refractivity contribution in [3.05, 3.63) is 0 Å². The number of Topliss-reactive ketones (excluding diaryl/α,β-unsaturated/α-hetero) is 1. The molecule has 2 nitrogen and oxygen atoms in total. The van der Waals surface area contributed by atoms with Crippen LogP contribution >= 0.6 is 0 Å². The minimum absolute atomic E-state index is 0.00197. The van der Waals surface area contributed by atoms with Gasteiger partial charge < -0.3 is 4.74 Å². The Morgan fingerprint density at radius 3 is 3.07 bits per heavy atom. The lowest BCUT2D eigenvalue weighted by Gasteiger charge is -2.15. The second kappa shape index (κ2) is 4.01. The van der Waals surface area contributed by atoms with Crippen LogP contribution in [-0.2, 0) is 9.53 Å². The second-order valence-electron chi connectivity index (χ2n) is 4.69. The van der Waals surface area contributed by atoms with Gasteiger partial charge in [0.25, 0.3) is 0 Å². The molecule has 2 unspecified atom stereocenters. The molecular weight excluding hydrogens is 176 g/mol. The summed E-state index contributed by atoms with van der Waals surface area (Å²) in [6, 6.07) is 0. The summed E-state index contributed by atoms with van der Waals surface area (Å²) < 4.78 is 5.61. The van der Waals surface area contributed by atoms with Crippen molar-refractivity contribution in [3.8, 4) is 0 Å². The molecule has 2 atom stereocenters. The maximum Gasteiger partial charge on any atom is 0.164 e. The van der Waals surface area contributed by atoms with E-state index < -0.39 is 0 Å². The van der Waals surface area contributed by atoms with E-state index in [1.165, 1.54) is 25.7 Å². The standard InChI is InChI=1S/C12H20O2/c1-2-3-4-5-8-12-9-6-7-10(13)11(12)14-12/h11H,2-9H2,1H3. The lowest BCUT2D eigenvalue weighted by molar-refractivity contribution is -0.120. The highest BCUT2D eigenvalue weighted by atomic mass is 16.6. The number of hydrogen-bond donors (Lipinski definition) is 0. The van der Waals surface area contributed by atoms with Crippen molar-refractivity contribution in [1.82, 2.24) is 0 Å². The van der Waals surface area contributed by atoms with Gasteiger partial charge in [0.05, 0.1) is 0 Å². The lowest BCUT2D eigenvalue weighted by atomic mass is 9.84. The van der Waals surface area contributed by atoms with Gasteiger partial charge in [0.2, 0.25) is 0 Å². The third-order valence-corrected chi connectivity index (χ3v) is 3.54. The van der Waals surface area contributed by atoms with Crippen LogP contribution in [0.2, 0.25) is 0 Å². The van der Waals surface area contributed by atoms with Crippen molar-refractivity contribution in [2.75, 3.05) is 0 Å². The van der Waals surface area contributed by atoms with E-state index in [1.54, 1.807) is 0 Å². The van der Waals surface area contributed by atoms with Crippen LogP contribution in [-0.4, -0.2) is 17.5 Å². The van der Waals surface area contributed by atoms with Gasteiger partial charge in [0.1, 0.15) is 11.7 Å². The summed E-state index contributed by atoms with van der Waals surface area (Å²) in [5, 5.41) is 0. The first-order chi connectivity index (χ1) is 6.78. The zero-order valence-corrected chi connectivity index (χ0v) is 9.05. The van der Waals surface area contributed by atoms with Gasteiger partial charge in [-0.1, -0.05) is 32.6 Å². The van der Waals surface area contributed by atoms with Gasteiger partial charge in [0.15, 0.2) is 5.78 Å². The average molecular weight is 196 g/mol. The molecule has 2 fully saturated rings. The van der Waals surface area contributed by atoms with Gasteiger partial charge in [-0.05, 0) is 19.3 Å². The molecule has 0 aromatic carbocycles. The van der Waals surface area contributed by atoms with Crippen LogP contribution in [0.3, 0.4) is 0 Å². The number of carbonyl (C=O) groups is 1. The zero-order valence-electron chi connectivity index (χ0n) is 9.05. The van der Waals surface area contributed by atoms with Gasteiger partial charge in [-0.15, -0.1) is 0 Å². The predicted octanol–water partition coefficient (Wildman–Crippen LogP) is 2.85. The summed E-state index contributed by atoms with van der Waals surface area (Å²) in [4.78, 5) is 11.4. The monoisotopic (exact) mass is 196 g/mol. The molecular formula is C12H20O2. The highest BCUT2D eigenvalue weighted by Gasteiger charge is 2.60. The molecule has 14 heavy (non-hydrogen) atoms. The Morgan fingerprint density at radius 1 is 1.43 bits per heavy atom. The summed E-state index contributed by atoms with van der Waals surface area (Å²) in [5.41, 5.74) is 0.0169. The molecule has 0 N–H and O–H groups in total. The summed E-state index contributed by atoms with van der Waals surface area (Å²) in [6.45, 7) is 2.22. The molecule has 1 heterocycles. The number of epoxide rings is 1. The van der Waals surface area contributed by atoms with Crippen molar-refractivity contribution in [2.45, 2.75) is 70.0 Å². The first-order valence-electron chi connectivity index (χ1n) is 5.99. The normalized spacial score (nSPS) is 35.5. The summed E-state index contributed by atoms with van der Waals surface area (Å²) >= 11 is 0. The minimum atomic E-state index is -0.00197. The van der Waals surface area contributed by atoms with E-state index in [2.05, 4.69) is 6.92 Å². The second-order valence-corrected chi connectivity index (χ2v) is 4.69. The highest BCUT2D eigenvalue weighted by Crippen LogP contribution is 2.49. The number of rotatable bonds is 5. The molecule has 0 spiro atoms. The van der Waals surface area contributed by atoms with Gasteiger partial charge >= 0.3 is 0 Å². The van der Waals surface area contributed by atoms with Gasteiger partial charge in [-0.2, -0.15) is 0 Å². The number of ether oxygens (including phenoxy) is 1. The van der Waals surface area contributed by atoms with E-state index >= 15 is 0 Å². The van der Waals surface area contributed by atoms with E-state index in [9.17, 15) is 4.79 Å². The Hall–Kier alpha value is -0.370. The maximum atomic E-state index is 11.4. The van der Waals surface area contributed by atoms with E-state index in [0.29, 0.717) is 5.78 Å². The molecule has 2 rings (SSSR count). The van der Waals surface area contributed by atoms with E-state index in [4.69, 9.17) is 4.74 Å². The SMILES string of the molecule is CCCCCCC12CCCC(=O)C1O2. The number of carbonyl (C=O) groups excluding carboxylic acids is 1. The molecule has 1 aliphatic carbocycles. The molecule has 0 radical (unpaired) electrons. The molecule has 1 saturated carbocycles. The van der Waals surface area contributed by atoms with Crippen molar-refractivity contribution >= 4 is 5.78 Å². The molecule has 0 bridgehead atoms. The smallest absolute Gasteiger partial charge is 0.164 e. The minimum Gasteiger partial charge on any atom is -0.358 e. The lowest BCUT2D eigenvalue weighted by Crippen LogP contribution is -2.26. The van der Waals surface area contributed by atoms with Gasteiger partial charge in [-0.3, -0.25) is 4.79 Å². The van der Waals surface area contributed by atoms with Crippen LogP contribution < -0.4 is 0 Å². The van der Waals surface area contributed by atoms with Crippen molar-refractivity contribution in [3.63, 3.8) is 0 Å². The molecule has 0 aromatic rings. The Morgan fingerprint density at radius 2 is 2.29 bits per heavy atom. The maximum absolute atomic E-state index is 11.4. The average Bonchev–Trinajstić information content (AvgIpc) is 2.90. The topological polar surface area (TPSA) is 29.6 Å². The van der Waals surface area contributed by atoms with Gasteiger partial charge in [0, 0.05) is 6.42 Å². The zero-order chi connectivity index (χ0) is 10.0. The highest BCUT2D eigenvalue weighted by molar-refractivity contribution is 5.87. The van der Waals surface area contributed by atoms with Crippen LogP contribution in [0, 0.1) is 0 Å². The van der Waals surface area contributed by atoms with Crippen molar-refractivity contribution in [2.24, 2.45) is 0 Å². The number of ketones is 1. The van der Waals surface area contributed by atoms with Crippen LogP contribution in [0.25, 0.3) is 0 Å². The Labute approximate surface area is 86.0 Å². The van der Waals surface area contributed by atoms with Crippen molar-refractivity contribution in [1.29, 1.82) is 0 Å². The fourth-order valence-electron chi connectivity index (χ4n) is 2.61. The first-order valence-corrected chi connectivity index (χ1v) is 5.99. The molecule has 1 aliphatic heterocycles. The van der Waals surface area contributed by atoms with E-state index in [1.807, 2.05) is 0 Å². The predicted molar refractivity (Wildman–Crippen MR) is 55.2 cm³/mol. The van der Waals surface area contributed by atoms with Crippen LogP contribution in [0.15, 0.2) is 0 Å². The molecule has 80 valence electrons. The Balaban J connectivity index is 1.73. The molecule has 2 aliphatic rings. The van der Waals surface area contributed by atoms with E-state index in [0.717, 1.165) is 25.7 Å². The molecule has 2 heteroatoms. The first kappa shape index (κ1) is 10.2. The summed E-state index contributed by atoms with van der Waals surface area (Å²) in [7, 11) is 0. The number of fused-ring (bicyclic) bond motifs is 1.